The van der Waals surface area contributed by atoms with E-state index in [1.54, 1.807) is 12.1 Å². The zero-order chi connectivity index (χ0) is 14.1. The monoisotopic (exact) mass is 395 g/mol. The number of halogens is 4. The number of aryl methyl sites for hydroxylation is 2. The molecule has 8 heteroatoms. The molecule has 0 heterocycles. The lowest BCUT2D eigenvalue weighted by Crippen LogP contribution is -3.60. The van der Waals surface area contributed by atoms with Crippen LogP contribution in [-0.4, -0.2) is 18.9 Å². The maximum absolute atomic E-state index is 12.2. The van der Waals surface area contributed by atoms with Crippen molar-refractivity contribution < 1.29 is 47.0 Å². The van der Waals surface area contributed by atoms with E-state index in [0.717, 1.165) is 3.57 Å². The van der Waals surface area contributed by atoms with E-state index in [4.69, 9.17) is 0 Å². The van der Waals surface area contributed by atoms with Crippen molar-refractivity contribution in [1.29, 1.82) is 0 Å². The van der Waals surface area contributed by atoms with Gasteiger partial charge >= 0.3 is 36.8 Å². The van der Waals surface area contributed by atoms with E-state index in [1.807, 2.05) is 4.93 Å². The molecule has 18 heavy (non-hydrogen) atoms. The highest BCUT2D eigenvalue weighted by Gasteiger charge is 2.48. The largest absolute Gasteiger partial charge is 0.534 e. The molecule has 3 nitrogen and oxygen atoms in total. The topological polar surface area (TPSA) is 43.4 Å². The Labute approximate surface area is 114 Å². The Kier molecular flexibility index (Phi) is 4.52. The Balaban J connectivity index is 3.22. The van der Waals surface area contributed by atoms with E-state index in [0.29, 0.717) is 11.1 Å². The van der Waals surface area contributed by atoms with Crippen molar-refractivity contribution in [3.05, 3.63) is 26.8 Å². The van der Waals surface area contributed by atoms with Gasteiger partial charge in [-0.1, -0.05) is 0 Å². The number of benzene rings is 1. The van der Waals surface area contributed by atoms with Gasteiger partial charge in [0.25, 0.3) is 0 Å². The predicted octanol–water partition coefficient (Wildman–Crippen LogP) is -0.580. The van der Waals surface area contributed by atoms with Crippen molar-refractivity contribution in [3.8, 4) is 5.75 Å². The van der Waals surface area contributed by atoms with Crippen LogP contribution in [0.2, 0.25) is 0 Å². The van der Waals surface area contributed by atoms with Crippen LogP contribution in [0.15, 0.2) is 12.1 Å². The van der Waals surface area contributed by atoms with Crippen LogP contribution in [0, 0.1) is 17.4 Å². The first kappa shape index (κ1) is 15.5. The van der Waals surface area contributed by atoms with Crippen LogP contribution in [0.4, 0.5) is 13.2 Å². The second kappa shape index (κ2) is 5.24. The van der Waals surface area contributed by atoms with Gasteiger partial charge in [-0.3, -0.25) is 0 Å². The zero-order valence-electron chi connectivity index (χ0n) is 9.80. The first-order valence-electron chi connectivity index (χ1n) is 4.70. The summed E-state index contributed by atoms with van der Waals surface area (Å²) < 4.78 is 63.7. The van der Waals surface area contributed by atoms with Crippen molar-refractivity contribution in [3.63, 3.8) is 0 Å². The summed E-state index contributed by atoms with van der Waals surface area (Å²) in [6.07, 6.45) is 0. The van der Waals surface area contributed by atoms with Crippen molar-refractivity contribution >= 4 is 10.1 Å². The number of rotatable bonds is 3. The fraction of sp³-hybridized carbons (Fsp3) is 0.400. The third kappa shape index (κ3) is 3.28. The minimum absolute atomic E-state index is 0.221. The molecule has 1 rings (SSSR count). The average Bonchev–Trinajstić information content (AvgIpc) is 2.21. The van der Waals surface area contributed by atoms with Crippen LogP contribution in [-0.2, 0) is 10.1 Å². The lowest BCUT2D eigenvalue weighted by molar-refractivity contribution is -0.597. The van der Waals surface area contributed by atoms with Crippen LogP contribution in [0.1, 0.15) is 11.1 Å². The Morgan fingerprint density at radius 1 is 1.17 bits per heavy atom. The third-order valence-corrected chi connectivity index (χ3v) is 4.94. The first-order chi connectivity index (χ1) is 8.08. The van der Waals surface area contributed by atoms with E-state index in [1.165, 1.54) is 13.8 Å². The van der Waals surface area contributed by atoms with Gasteiger partial charge in [0.15, 0.2) is 3.57 Å². The molecule has 0 aliphatic heterocycles. The summed E-state index contributed by atoms with van der Waals surface area (Å²) in [5.41, 5.74) is -4.64. The Morgan fingerprint density at radius 3 is 1.94 bits per heavy atom. The lowest BCUT2D eigenvalue weighted by atomic mass is 10.1. The SMILES string of the molecule is C[I+]c1cc(C)c(OS(=O)(=O)C(F)(F)F)c(C)c1. The summed E-state index contributed by atoms with van der Waals surface area (Å²) in [6.45, 7) is 3.05. The smallest absolute Gasteiger partial charge is 0.375 e. The molecule has 0 aliphatic carbocycles. The normalized spacial score (nSPS) is 12.6. The van der Waals surface area contributed by atoms with Crippen LogP contribution < -0.4 is 25.4 Å². The van der Waals surface area contributed by atoms with Gasteiger partial charge in [-0.2, -0.15) is 21.6 Å². The molecule has 102 valence electrons. The van der Waals surface area contributed by atoms with E-state index < -0.39 is 15.6 Å². The minimum Gasteiger partial charge on any atom is -0.375 e. The first-order valence-corrected chi connectivity index (χ1v) is 9.34. The van der Waals surface area contributed by atoms with Gasteiger partial charge in [0.1, 0.15) is 10.7 Å². The summed E-state index contributed by atoms with van der Waals surface area (Å²) in [5.74, 6) is -0.242. The Hall–Kier alpha value is -0.510. The fourth-order valence-corrected chi connectivity index (χ4v) is 3.43. The number of hydrogen-bond donors (Lipinski definition) is 0. The summed E-state index contributed by atoms with van der Waals surface area (Å²) in [5, 5.41) is 0. The van der Waals surface area contributed by atoms with Gasteiger partial charge in [0.05, 0.1) is 0 Å². The molecular weight excluding hydrogens is 384 g/mol. The molecule has 1 aromatic rings. The predicted molar refractivity (Wildman–Crippen MR) is 56.1 cm³/mol. The molecular formula is C10H11F3IO3S+. The van der Waals surface area contributed by atoms with E-state index in [-0.39, 0.29) is 27.0 Å². The molecule has 0 bridgehead atoms. The quantitative estimate of drug-likeness (QED) is 0.298. The molecule has 0 aliphatic rings. The van der Waals surface area contributed by atoms with Crippen molar-refractivity contribution in [2.24, 2.45) is 0 Å². The lowest BCUT2D eigenvalue weighted by Gasteiger charge is -2.13. The molecule has 0 radical (unpaired) electrons. The molecule has 0 fully saturated rings. The van der Waals surface area contributed by atoms with Crippen LogP contribution in [0.25, 0.3) is 0 Å². The van der Waals surface area contributed by atoms with Gasteiger partial charge < -0.3 is 4.18 Å². The summed E-state index contributed by atoms with van der Waals surface area (Å²) in [4.78, 5) is 2.00. The van der Waals surface area contributed by atoms with Crippen molar-refractivity contribution in [2.45, 2.75) is 19.4 Å². The van der Waals surface area contributed by atoms with Gasteiger partial charge in [0.2, 0.25) is 0 Å². The molecule has 0 unspecified atom stereocenters. The Morgan fingerprint density at radius 2 is 1.61 bits per heavy atom. The van der Waals surface area contributed by atoms with Gasteiger partial charge in [-0.25, -0.2) is 0 Å². The maximum atomic E-state index is 12.2. The van der Waals surface area contributed by atoms with Crippen LogP contribution in [0.5, 0.6) is 5.75 Å². The fourth-order valence-electron chi connectivity index (χ4n) is 1.29. The molecule has 0 saturated carbocycles. The second-order valence-corrected chi connectivity index (χ2v) is 7.40. The minimum atomic E-state index is -5.61. The summed E-state index contributed by atoms with van der Waals surface area (Å²) >= 11 is -0.221. The highest BCUT2D eigenvalue weighted by atomic mass is 127. The number of hydrogen-bond acceptors (Lipinski definition) is 3. The second-order valence-electron chi connectivity index (χ2n) is 3.54. The highest BCUT2D eigenvalue weighted by Crippen LogP contribution is 2.30. The molecule has 1 aromatic carbocycles. The third-order valence-electron chi connectivity index (χ3n) is 2.12. The van der Waals surface area contributed by atoms with Crippen molar-refractivity contribution in [1.82, 2.24) is 0 Å². The van der Waals surface area contributed by atoms with Crippen LogP contribution in [0.3, 0.4) is 0 Å². The standard InChI is InChI=1S/C10H11F3IO3S/c1-6-4-8(14-3)5-7(2)9(6)17-18(15,16)10(11,12)13/h4-5H,1-3H3/q+1. The summed E-state index contributed by atoms with van der Waals surface area (Å²) in [6, 6.07) is 3.31. The Bertz CT molecular complexity index is 529. The van der Waals surface area contributed by atoms with E-state index >= 15 is 0 Å². The van der Waals surface area contributed by atoms with Crippen molar-refractivity contribution in [2.75, 3.05) is 4.93 Å². The molecule has 0 saturated heterocycles. The zero-order valence-corrected chi connectivity index (χ0v) is 12.8. The average molecular weight is 395 g/mol. The van der Waals surface area contributed by atoms with Gasteiger partial charge in [0, 0.05) is 0 Å². The number of alkyl halides is 4. The molecule has 0 amide bonds. The molecule has 0 atom stereocenters. The molecule has 0 aromatic heterocycles. The van der Waals surface area contributed by atoms with E-state index in [2.05, 4.69) is 4.18 Å². The van der Waals surface area contributed by atoms with E-state index in [9.17, 15) is 21.6 Å². The van der Waals surface area contributed by atoms with Gasteiger partial charge in [-0.05, 0) is 37.1 Å². The summed E-state index contributed by atoms with van der Waals surface area (Å²) in [7, 11) is -5.61. The highest BCUT2D eigenvalue weighted by molar-refractivity contribution is 7.88. The van der Waals surface area contributed by atoms with Gasteiger partial charge in [-0.15, -0.1) is 0 Å². The molecule has 0 N–H and O–H groups in total. The molecule has 0 spiro atoms. The maximum Gasteiger partial charge on any atom is 0.534 e. The van der Waals surface area contributed by atoms with Crippen LogP contribution >= 0.6 is 0 Å².